The fourth-order valence-electron chi connectivity index (χ4n) is 2.42. The van der Waals surface area contributed by atoms with Gasteiger partial charge in [-0.1, -0.05) is 66.2 Å². The Kier molecular flexibility index (Phi) is 5.41. The highest BCUT2D eigenvalue weighted by Crippen LogP contribution is 2.23. The molecule has 0 fully saturated rings. The molecule has 0 aliphatic rings. The highest BCUT2D eigenvalue weighted by molar-refractivity contribution is 9.09. The molecule has 1 unspecified atom stereocenters. The standard InChI is InChI=1S/C16H20BrNO2S/c1-12(2)10-14(11-17)18-21(19,20)16-9-5-7-13-6-3-4-8-15(13)16/h3-9,12,14,18H,10-11H2,1-2H3. The Balaban J connectivity index is 2.38. The van der Waals surface area contributed by atoms with Crippen LogP contribution in [-0.4, -0.2) is 19.8 Å². The first-order chi connectivity index (χ1) is 9.94. The number of hydrogen-bond acceptors (Lipinski definition) is 2. The van der Waals surface area contributed by atoms with Gasteiger partial charge in [-0.2, -0.15) is 0 Å². The van der Waals surface area contributed by atoms with Gasteiger partial charge in [0.15, 0.2) is 0 Å². The number of halogens is 1. The Morgan fingerprint density at radius 1 is 1.10 bits per heavy atom. The first kappa shape index (κ1) is 16.5. The largest absolute Gasteiger partial charge is 0.241 e. The number of alkyl halides is 1. The minimum atomic E-state index is -3.52. The second kappa shape index (κ2) is 6.90. The van der Waals surface area contributed by atoms with Crippen molar-refractivity contribution >= 4 is 36.7 Å². The number of rotatable bonds is 6. The van der Waals surface area contributed by atoms with Crippen molar-refractivity contribution in [3.8, 4) is 0 Å². The van der Waals surface area contributed by atoms with Crippen LogP contribution < -0.4 is 4.72 Å². The number of hydrogen-bond donors (Lipinski definition) is 1. The molecule has 0 aliphatic heterocycles. The van der Waals surface area contributed by atoms with Crippen molar-refractivity contribution < 1.29 is 8.42 Å². The maximum Gasteiger partial charge on any atom is 0.241 e. The van der Waals surface area contributed by atoms with Gasteiger partial charge in [-0.15, -0.1) is 0 Å². The summed E-state index contributed by atoms with van der Waals surface area (Å²) in [6.45, 7) is 4.17. The van der Waals surface area contributed by atoms with Gasteiger partial charge in [-0.3, -0.25) is 0 Å². The molecule has 0 radical (unpaired) electrons. The Morgan fingerprint density at radius 2 is 1.76 bits per heavy atom. The van der Waals surface area contributed by atoms with Crippen LogP contribution in [0.25, 0.3) is 10.8 Å². The molecule has 2 rings (SSSR count). The summed E-state index contributed by atoms with van der Waals surface area (Å²) in [5, 5.41) is 2.29. The predicted molar refractivity (Wildman–Crippen MR) is 91.3 cm³/mol. The number of nitrogens with one attached hydrogen (secondary N) is 1. The fourth-order valence-corrected chi connectivity index (χ4v) is 4.54. The van der Waals surface area contributed by atoms with E-state index >= 15 is 0 Å². The van der Waals surface area contributed by atoms with Crippen molar-refractivity contribution in [3.05, 3.63) is 42.5 Å². The zero-order valence-corrected chi connectivity index (χ0v) is 14.6. The first-order valence-corrected chi connectivity index (χ1v) is 9.60. The number of sulfonamides is 1. The molecule has 0 bridgehead atoms. The van der Waals surface area contributed by atoms with E-state index in [9.17, 15) is 8.42 Å². The van der Waals surface area contributed by atoms with Crippen molar-refractivity contribution in [2.75, 3.05) is 5.33 Å². The van der Waals surface area contributed by atoms with Crippen LogP contribution in [0.5, 0.6) is 0 Å². The molecule has 0 aromatic heterocycles. The Hall–Kier alpha value is -0.910. The Morgan fingerprint density at radius 3 is 2.43 bits per heavy atom. The van der Waals surface area contributed by atoms with E-state index < -0.39 is 10.0 Å². The van der Waals surface area contributed by atoms with Crippen LogP contribution >= 0.6 is 15.9 Å². The monoisotopic (exact) mass is 369 g/mol. The summed E-state index contributed by atoms with van der Waals surface area (Å²) in [7, 11) is -3.52. The normalized spacial score (nSPS) is 13.7. The zero-order chi connectivity index (χ0) is 15.5. The first-order valence-electron chi connectivity index (χ1n) is 7.00. The van der Waals surface area contributed by atoms with Crippen LogP contribution in [-0.2, 0) is 10.0 Å². The molecule has 0 saturated carbocycles. The van der Waals surface area contributed by atoms with Crippen molar-refractivity contribution in [1.29, 1.82) is 0 Å². The minimum Gasteiger partial charge on any atom is -0.207 e. The molecular weight excluding hydrogens is 350 g/mol. The van der Waals surface area contributed by atoms with Crippen molar-refractivity contribution in [2.45, 2.75) is 31.2 Å². The third kappa shape index (κ3) is 4.05. The van der Waals surface area contributed by atoms with E-state index in [2.05, 4.69) is 34.5 Å². The molecule has 114 valence electrons. The van der Waals surface area contributed by atoms with Crippen LogP contribution in [0.15, 0.2) is 47.4 Å². The zero-order valence-electron chi connectivity index (χ0n) is 12.2. The quantitative estimate of drug-likeness (QED) is 0.784. The highest BCUT2D eigenvalue weighted by atomic mass is 79.9. The van der Waals surface area contributed by atoms with Gasteiger partial charge in [-0.05, 0) is 23.8 Å². The molecule has 5 heteroatoms. The Bertz CT molecular complexity index is 708. The second-order valence-electron chi connectivity index (χ2n) is 5.58. The average molecular weight is 370 g/mol. The van der Waals surface area contributed by atoms with E-state index in [1.54, 1.807) is 12.1 Å². The van der Waals surface area contributed by atoms with Gasteiger partial charge in [0.1, 0.15) is 0 Å². The molecule has 0 spiro atoms. The van der Waals surface area contributed by atoms with Crippen molar-refractivity contribution in [1.82, 2.24) is 4.72 Å². The van der Waals surface area contributed by atoms with Crippen LogP contribution in [0.1, 0.15) is 20.3 Å². The maximum atomic E-state index is 12.7. The smallest absolute Gasteiger partial charge is 0.207 e. The van der Waals surface area contributed by atoms with Crippen molar-refractivity contribution in [2.24, 2.45) is 5.92 Å². The minimum absolute atomic E-state index is 0.103. The van der Waals surface area contributed by atoms with Crippen LogP contribution in [0, 0.1) is 5.92 Å². The molecule has 0 heterocycles. The lowest BCUT2D eigenvalue weighted by Crippen LogP contribution is -2.37. The van der Waals surface area contributed by atoms with Gasteiger partial charge in [0, 0.05) is 16.8 Å². The van der Waals surface area contributed by atoms with Crippen LogP contribution in [0.4, 0.5) is 0 Å². The van der Waals surface area contributed by atoms with Gasteiger partial charge >= 0.3 is 0 Å². The summed E-state index contributed by atoms with van der Waals surface area (Å²) in [6.07, 6.45) is 0.801. The lowest BCUT2D eigenvalue weighted by molar-refractivity contribution is 0.488. The summed E-state index contributed by atoms with van der Waals surface area (Å²) >= 11 is 3.39. The lowest BCUT2D eigenvalue weighted by atomic mass is 10.1. The van der Waals surface area contributed by atoms with Gasteiger partial charge in [0.05, 0.1) is 4.90 Å². The molecule has 0 saturated heterocycles. The molecule has 2 aromatic rings. The van der Waals surface area contributed by atoms with E-state index in [4.69, 9.17) is 0 Å². The van der Waals surface area contributed by atoms with Crippen LogP contribution in [0.3, 0.4) is 0 Å². The van der Waals surface area contributed by atoms with Gasteiger partial charge < -0.3 is 0 Å². The maximum absolute atomic E-state index is 12.7. The van der Waals surface area contributed by atoms with E-state index in [1.165, 1.54) is 0 Å². The third-order valence-corrected chi connectivity index (χ3v) is 5.66. The molecule has 0 aliphatic carbocycles. The molecule has 21 heavy (non-hydrogen) atoms. The van der Waals surface area contributed by atoms with Gasteiger partial charge in [-0.25, -0.2) is 13.1 Å². The average Bonchev–Trinajstić information content (AvgIpc) is 2.45. The predicted octanol–water partition coefficient (Wildman–Crippen LogP) is 3.93. The van der Waals surface area contributed by atoms with E-state index in [-0.39, 0.29) is 6.04 Å². The number of benzene rings is 2. The van der Waals surface area contributed by atoms with E-state index in [1.807, 2.05) is 30.3 Å². The summed E-state index contributed by atoms with van der Waals surface area (Å²) in [6, 6.07) is 12.8. The summed E-state index contributed by atoms with van der Waals surface area (Å²) < 4.78 is 28.1. The van der Waals surface area contributed by atoms with Crippen molar-refractivity contribution in [3.63, 3.8) is 0 Å². The van der Waals surface area contributed by atoms with Gasteiger partial charge in [0.2, 0.25) is 10.0 Å². The highest BCUT2D eigenvalue weighted by Gasteiger charge is 2.21. The summed E-state index contributed by atoms with van der Waals surface area (Å²) in [4.78, 5) is 0.343. The number of fused-ring (bicyclic) bond motifs is 1. The molecule has 2 aromatic carbocycles. The summed E-state index contributed by atoms with van der Waals surface area (Å²) in [5.74, 6) is 0.433. The second-order valence-corrected chi connectivity index (χ2v) is 7.91. The molecule has 1 atom stereocenters. The summed E-state index contributed by atoms with van der Waals surface area (Å²) in [5.41, 5.74) is 0. The molecule has 3 nitrogen and oxygen atoms in total. The molecule has 0 amide bonds. The van der Waals surface area contributed by atoms with E-state index in [0.717, 1.165) is 17.2 Å². The Labute approximate surface area is 134 Å². The van der Waals surface area contributed by atoms with Crippen LogP contribution in [0.2, 0.25) is 0 Å². The topological polar surface area (TPSA) is 46.2 Å². The lowest BCUT2D eigenvalue weighted by Gasteiger charge is -2.19. The SMILES string of the molecule is CC(C)CC(CBr)NS(=O)(=O)c1cccc2ccccc12. The van der Waals surface area contributed by atoms with Gasteiger partial charge in [0.25, 0.3) is 0 Å². The molecular formula is C16H20BrNO2S. The fraction of sp³-hybridized carbons (Fsp3) is 0.375. The third-order valence-electron chi connectivity index (χ3n) is 3.30. The molecule has 1 N–H and O–H groups in total. The van der Waals surface area contributed by atoms with E-state index in [0.29, 0.717) is 16.1 Å².